The van der Waals surface area contributed by atoms with Crippen molar-refractivity contribution in [1.82, 2.24) is 14.8 Å². The summed E-state index contributed by atoms with van der Waals surface area (Å²) in [5.74, 6) is -0.789. The molecule has 1 atom stereocenters. The van der Waals surface area contributed by atoms with Crippen molar-refractivity contribution in [3.8, 4) is 0 Å². The second kappa shape index (κ2) is 6.49. The molecular formula is C15H16N6O3. The summed E-state index contributed by atoms with van der Waals surface area (Å²) in [5, 5.41) is 12.0. The summed E-state index contributed by atoms with van der Waals surface area (Å²) < 4.78 is 1.56. The van der Waals surface area contributed by atoms with E-state index in [1.165, 1.54) is 13.3 Å². The fraction of sp³-hybridized carbons (Fsp3) is 0.267. The minimum Gasteiger partial charge on any atom is -0.326 e. The van der Waals surface area contributed by atoms with Crippen molar-refractivity contribution in [2.45, 2.75) is 19.9 Å². The Labute approximate surface area is 137 Å². The minimum absolute atomic E-state index is 0.0403. The lowest BCUT2D eigenvalue weighted by molar-refractivity contribution is -0.125. The number of nitrogens with one attached hydrogen (secondary N) is 3. The van der Waals surface area contributed by atoms with Gasteiger partial charge in [-0.2, -0.15) is 10.1 Å². The molecule has 1 aliphatic heterocycles. The molecule has 1 unspecified atom stereocenters. The van der Waals surface area contributed by atoms with E-state index in [0.717, 1.165) is 0 Å². The summed E-state index contributed by atoms with van der Waals surface area (Å²) in [6.07, 6.45) is 1.40. The van der Waals surface area contributed by atoms with Crippen molar-refractivity contribution < 1.29 is 14.4 Å². The van der Waals surface area contributed by atoms with Gasteiger partial charge in [0.1, 0.15) is 6.33 Å². The average molecular weight is 328 g/mol. The summed E-state index contributed by atoms with van der Waals surface area (Å²) in [7, 11) is 0. The molecule has 3 rings (SSSR count). The summed E-state index contributed by atoms with van der Waals surface area (Å²) in [6, 6.07) is 6.73. The van der Waals surface area contributed by atoms with E-state index in [1.807, 2.05) is 0 Å². The SMILES string of the molecule is CC(=O)Nc1ccc(NC(=O)CC2Cn3ncnc3NC2=O)cc1. The topological polar surface area (TPSA) is 118 Å². The molecule has 0 aliphatic carbocycles. The number of aromatic nitrogens is 3. The van der Waals surface area contributed by atoms with Crippen molar-refractivity contribution in [1.29, 1.82) is 0 Å². The Morgan fingerprint density at radius 2 is 1.92 bits per heavy atom. The van der Waals surface area contributed by atoms with Crippen LogP contribution in [0, 0.1) is 5.92 Å². The van der Waals surface area contributed by atoms with E-state index in [4.69, 9.17) is 0 Å². The van der Waals surface area contributed by atoms with Crippen LogP contribution < -0.4 is 16.0 Å². The Morgan fingerprint density at radius 3 is 2.58 bits per heavy atom. The van der Waals surface area contributed by atoms with Crippen molar-refractivity contribution in [2.24, 2.45) is 5.92 Å². The third kappa shape index (κ3) is 3.57. The van der Waals surface area contributed by atoms with Gasteiger partial charge >= 0.3 is 0 Å². The highest BCUT2D eigenvalue weighted by Crippen LogP contribution is 2.19. The standard InChI is InChI=1S/C15H16N6O3/c1-9(22)18-11-2-4-12(5-3-11)19-13(23)6-10-7-21-15(16-8-17-21)20-14(10)24/h2-5,8,10H,6-7H2,1H3,(H,18,22)(H,19,23)(H,16,17,20,24). The molecule has 1 aromatic heterocycles. The highest BCUT2D eigenvalue weighted by atomic mass is 16.2. The number of carbonyl (C=O) groups is 3. The molecule has 3 amide bonds. The average Bonchev–Trinajstić information content (AvgIpc) is 2.96. The maximum absolute atomic E-state index is 12.1. The molecule has 2 heterocycles. The number of anilines is 3. The molecule has 0 bridgehead atoms. The number of carbonyl (C=O) groups excluding carboxylic acids is 3. The molecule has 9 heteroatoms. The zero-order chi connectivity index (χ0) is 17.1. The van der Waals surface area contributed by atoms with Crippen LogP contribution in [0.5, 0.6) is 0 Å². The number of fused-ring (bicyclic) bond motifs is 1. The van der Waals surface area contributed by atoms with Gasteiger partial charge in [-0.3, -0.25) is 19.7 Å². The molecule has 24 heavy (non-hydrogen) atoms. The Kier molecular flexibility index (Phi) is 4.23. The van der Waals surface area contributed by atoms with Gasteiger partial charge in [0.25, 0.3) is 0 Å². The monoisotopic (exact) mass is 328 g/mol. The Balaban J connectivity index is 1.58. The third-order valence-corrected chi connectivity index (χ3v) is 3.54. The molecule has 0 radical (unpaired) electrons. The van der Waals surface area contributed by atoms with E-state index in [2.05, 4.69) is 26.0 Å². The lowest BCUT2D eigenvalue weighted by Crippen LogP contribution is -2.36. The smallest absolute Gasteiger partial charge is 0.232 e. The maximum atomic E-state index is 12.1. The first-order chi connectivity index (χ1) is 11.5. The summed E-state index contributed by atoms with van der Waals surface area (Å²) in [4.78, 5) is 39.0. The predicted molar refractivity (Wildman–Crippen MR) is 86.1 cm³/mol. The second-order valence-corrected chi connectivity index (χ2v) is 5.46. The van der Waals surface area contributed by atoms with Gasteiger partial charge in [-0.25, -0.2) is 4.68 Å². The van der Waals surface area contributed by atoms with Gasteiger partial charge in [-0.15, -0.1) is 0 Å². The van der Waals surface area contributed by atoms with E-state index in [9.17, 15) is 14.4 Å². The Morgan fingerprint density at radius 1 is 1.25 bits per heavy atom. The molecule has 1 aromatic carbocycles. The quantitative estimate of drug-likeness (QED) is 0.768. The van der Waals surface area contributed by atoms with Crippen LogP contribution in [-0.4, -0.2) is 32.5 Å². The van der Waals surface area contributed by atoms with Crippen LogP contribution >= 0.6 is 0 Å². The van der Waals surface area contributed by atoms with Crippen molar-refractivity contribution in [2.75, 3.05) is 16.0 Å². The Hall–Kier alpha value is -3.23. The van der Waals surface area contributed by atoms with Crippen LogP contribution in [0.15, 0.2) is 30.6 Å². The van der Waals surface area contributed by atoms with Crippen LogP contribution in [0.4, 0.5) is 17.3 Å². The fourth-order valence-corrected chi connectivity index (χ4v) is 2.43. The molecule has 9 nitrogen and oxygen atoms in total. The number of hydrogen-bond donors (Lipinski definition) is 3. The molecule has 2 aromatic rings. The highest BCUT2D eigenvalue weighted by Gasteiger charge is 2.29. The van der Waals surface area contributed by atoms with Gasteiger partial charge in [-0.1, -0.05) is 0 Å². The highest BCUT2D eigenvalue weighted by molar-refractivity contribution is 5.98. The molecular weight excluding hydrogens is 312 g/mol. The first-order valence-corrected chi connectivity index (χ1v) is 7.37. The molecule has 0 fully saturated rings. The van der Waals surface area contributed by atoms with E-state index in [0.29, 0.717) is 23.9 Å². The lowest BCUT2D eigenvalue weighted by Gasteiger charge is -2.21. The largest absolute Gasteiger partial charge is 0.326 e. The first kappa shape index (κ1) is 15.7. The van der Waals surface area contributed by atoms with Crippen LogP contribution in [0.1, 0.15) is 13.3 Å². The van der Waals surface area contributed by atoms with Crippen LogP contribution in [-0.2, 0) is 20.9 Å². The fourth-order valence-electron chi connectivity index (χ4n) is 2.43. The summed E-state index contributed by atoms with van der Waals surface area (Å²) >= 11 is 0. The third-order valence-electron chi connectivity index (χ3n) is 3.54. The number of nitrogens with zero attached hydrogens (tertiary/aromatic N) is 3. The predicted octanol–water partition coefficient (Wildman–Crippen LogP) is 0.834. The maximum Gasteiger partial charge on any atom is 0.232 e. The van der Waals surface area contributed by atoms with E-state index in [1.54, 1.807) is 28.9 Å². The van der Waals surface area contributed by atoms with E-state index < -0.39 is 5.92 Å². The van der Waals surface area contributed by atoms with Gasteiger partial charge in [0.05, 0.1) is 12.5 Å². The zero-order valence-electron chi connectivity index (χ0n) is 12.9. The number of amides is 3. The number of rotatable bonds is 4. The molecule has 0 saturated heterocycles. The zero-order valence-corrected chi connectivity index (χ0v) is 12.9. The second-order valence-electron chi connectivity index (χ2n) is 5.46. The number of benzene rings is 1. The number of hydrogen-bond acceptors (Lipinski definition) is 5. The molecule has 0 saturated carbocycles. The van der Waals surface area contributed by atoms with Gasteiger partial charge in [0.2, 0.25) is 23.7 Å². The molecule has 124 valence electrons. The summed E-state index contributed by atoms with van der Waals surface area (Å²) in [5.41, 5.74) is 1.23. The van der Waals surface area contributed by atoms with E-state index in [-0.39, 0.29) is 24.1 Å². The first-order valence-electron chi connectivity index (χ1n) is 7.37. The van der Waals surface area contributed by atoms with Gasteiger partial charge in [0, 0.05) is 24.7 Å². The van der Waals surface area contributed by atoms with Crippen LogP contribution in [0.2, 0.25) is 0 Å². The summed E-state index contributed by atoms with van der Waals surface area (Å²) in [6.45, 7) is 1.74. The normalized spacial score (nSPS) is 16.0. The molecule has 3 N–H and O–H groups in total. The van der Waals surface area contributed by atoms with Crippen molar-refractivity contribution in [3.63, 3.8) is 0 Å². The van der Waals surface area contributed by atoms with Crippen molar-refractivity contribution >= 4 is 35.0 Å². The Bertz CT molecular complexity index is 783. The molecule has 0 spiro atoms. The molecule has 1 aliphatic rings. The van der Waals surface area contributed by atoms with Crippen LogP contribution in [0.3, 0.4) is 0 Å². The van der Waals surface area contributed by atoms with Gasteiger partial charge in [-0.05, 0) is 24.3 Å². The van der Waals surface area contributed by atoms with E-state index >= 15 is 0 Å². The van der Waals surface area contributed by atoms with Gasteiger partial charge in [0.15, 0.2) is 0 Å². The van der Waals surface area contributed by atoms with Crippen molar-refractivity contribution in [3.05, 3.63) is 30.6 Å². The lowest BCUT2D eigenvalue weighted by atomic mass is 10.0. The van der Waals surface area contributed by atoms with Crippen LogP contribution in [0.25, 0.3) is 0 Å². The minimum atomic E-state index is -0.502. The van der Waals surface area contributed by atoms with Gasteiger partial charge < -0.3 is 10.6 Å².